The largest absolute Gasteiger partial charge is 0.401 e. The molecule has 0 spiro atoms. The van der Waals surface area contributed by atoms with E-state index in [-0.39, 0.29) is 18.1 Å². The Morgan fingerprint density at radius 2 is 1.63 bits per heavy atom. The second-order valence-corrected chi connectivity index (χ2v) is 6.32. The van der Waals surface area contributed by atoms with E-state index >= 15 is 0 Å². The minimum absolute atomic E-state index is 0.0219. The average Bonchev–Trinajstić information content (AvgIpc) is 3.14. The van der Waals surface area contributed by atoms with Crippen molar-refractivity contribution in [3.63, 3.8) is 0 Å². The van der Waals surface area contributed by atoms with Gasteiger partial charge >= 0.3 is 6.18 Å². The van der Waals surface area contributed by atoms with Gasteiger partial charge in [-0.15, -0.1) is 0 Å². The van der Waals surface area contributed by atoms with Gasteiger partial charge in [0, 0.05) is 24.6 Å². The Morgan fingerprint density at radius 3 is 2.05 bits per heavy atom. The molecule has 2 nitrogen and oxygen atoms in total. The number of nitrogens with zero attached hydrogens (tertiary/aromatic N) is 1. The van der Waals surface area contributed by atoms with Crippen molar-refractivity contribution in [3.05, 3.63) is 0 Å². The minimum Gasteiger partial charge on any atom is -0.396 e. The van der Waals surface area contributed by atoms with Crippen LogP contribution in [0.5, 0.6) is 0 Å². The first-order chi connectivity index (χ1) is 8.94. The molecule has 1 N–H and O–H groups in total. The fourth-order valence-electron chi connectivity index (χ4n) is 3.26. The smallest absolute Gasteiger partial charge is 0.396 e. The first kappa shape index (κ1) is 15.1. The molecule has 2 aliphatic rings. The van der Waals surface area contributed by atoms with Gasteiger partial charge < -0.3 is 5.11 Å². The van der Waals surface area contributed by atoms with Crippen molar-refractivity contribution in [3.8, 4) is 0 Å². The van der Waals surface area contributed by atoms with Crippen LogP contribution in [-0.4, -0.2) is 41.9 Å². The van der Waals surface area contributed by atoms with Crippen LogP contribution in [0.25, 0.3) is 0 Å². The molecule has 2 aliphatic carbocycles. The van der Waals surface area contributed by atoms with Crippen LogP contribution in [0, 0.1) is 5.41 Å². The van der Waals surface area contributed by atoms with Crippen molar-refractivity contribution in [2.24, 2.45) is 5.41 Å². The zero-order valence-corrected chi connectivity index (χ0v) is 11.4. The van der Waals surface area contributed by atoms with Crippen LogP contribution in [0.3, 0.4) is 0 Å². The molecule has 0 radical (unpaired) electrons. The number of alkyl halides is 3. The standard InChI is InChI=1S/C14H24F3NO/c15-14(16,17)10-18(12-5-6-12)9-13(11-19)7-3-1-2-4-8-13/h12,19H,1-11H2. The number of aliphatic hydroxyl groups excluding tert-OH is 1. The SMILES string of the molecule is OCC1(CN(CC(F)(F)F)C2CC2)CCCCCC1. The quantitative estimate of drug-likeness (QED) is 0.780. The molecule has 0 unspecified atom stereocenters. The second-order valence-electron chi connectivity index (χ2n) is 6.32. The van der Waals surface area contributed by atoms with Crippen molar-refractivity contribution >= 4 is 0 Å². The molecule has 0 amide bonds. The monoisotopic (exact) mass is 279 g/mol. The Hall–Kier alpha value is -0.290. The van der Waals surface area contributed by atoms with Crippen LogP contribution in [-0.2, 0) is 0 Å². The lowest BCUT2D eigenvalue weighted by Gasteiger charge is -2.37. The molecule has 2 saturated carbocycles. The third kappa shape index (κ3) is 4.63. The highest BCUT2D eigenvalue weighted by molar-refractivity contribution is 4.92. The number of hydrogen-bond donors (Lipinski definition) is 1. The highest BCUT2D eigenvalue weighted by Crippen LogP contribution is 2.39. The van der Waals surface area contributed by atoms with Gasteiger partial charge in [0.15, 0.2) is 0 Å². The Labute approximate surface area is 113 Å². The van der Waals surface area contributed by atoms with Gasteiger partial charge in [0.1, 0.15) is 0 Å². The van der Waals surface area contributed by atoms with Crippen LogP contribution < -0.4 is 0 Å². The number of halogens is 3. The Morgan fingerprint density at radius 1 is 1.05 bits per heavy atom. The predicted octanol–water partition coefficient (Wildman–Crippen LogP) is 3.35. The molecule has 0 aromatic rings. The van der Waals surface area contributed by atoms with Crippen molar-refractivity contribution in [1.29, 1.82) is 0 Å². The fraction of sp³-hybridized carbons (Fsp3) is 1.00. The van der Waals surface area contributed by atoms with Crippen LogP contribution in [0.4, 0.5) is 13.2 Å². The number of hydrogen-bond acceptors (Lipinski definition) is 2. The summed E-state index contributed by atoms with van der Waals surface area (Å²) in [7, 11) is 0. The van der Waals surface area contributed by atoms with E-state index in [4.69, 9.17) is 0 Å². The lowest BCUT2D eigenvalue weighted by Crippen LogP contribution is -2.45. The summed E-state index contributed by atoms with van der Waals surface area (Å²) in [6.07, 6.45) is 3.69. The van der Waals surface area contributed by atoms with E-state index in [2.05, 4.69) is 0 Å². The van der Waals surface area contributed by atoms with Gasteiger partial charge in [-0.3, -0.25) is 4.90 Å². The summed E-state index contributed by atoms with van der Waals surface area (Å²) in [5.74, 6) is 0. The molecule has 0 bridgehead atoms. The third-order valence-corrected chi connectivity index (χ3v) is 4.48. The van der Waals surface area contributed by atoms with E-state index in [1.165, 1.54) is 0 Å². The zero-order chi connectivity index (χ0) is 13.9. The van der Waals surface area contributed by atoms with Gasteiger partial charge in [-0.1, -0.05) is 25.7 Å². The average molecular weight is 279 g/mol. The van der Waals surface area contributed by atoms with Gasteiger partial charge in [0.2, 0.25) is 0 Å². The van der Waals surface area contributed by atoms with Crippen molar-refractivity contribution in [2.75, 3.05) is 19.7 Å². The fourth-order valence-corrected chi connectivity index (χ4v) is 3.26. The molecule has 0 saturated heterocycles. The van der Waals surface area contributed by atoms with Crippen LogP contribution in [0.15, 0.2) is 0 Å². The highest BCUT2D eigenvalue weighted by Gasteiger charge is 2.42. The van der Waals surface area contributed by atoms with Gasteiger partial charge in [-0.05, 0) is 25.7 Å². The summed E-state index contributed by atoms with van der Waals surface area (Å²) < 4.78 is 38.0. The molecule has 0 aromatic heterocycles. The van der Waals surface area contributed by atoms with E-state index in [0.29, 0.717) is 6.54 Å². The summed E-state index contributed by atoms with van der Waals surface area (Å²) >= 11 is 0. The van der Waals surface area contributed by atoms with Crippen LogP contribution >= 0.6 is 0 Å². The Bertz CT molecular complexity index is 281. The third-order valence-electron chi connectivity index (χ3n) is 4.48. The molecule has 0 aliphatic heterocycles. The summed E-state index contributed by atoms with van der Waals surface area (Å²) in [5, 5.41) is 9.71. The van der Waals surface area contributed by atoms with Gasteiger partial charge in [-0.2, -0.15) is 13.2 Å². The van der Waals surface area contributed by atoms with Gasteiger partial charge in [0.05, 0.1) is 6.54 Å². The molecule has 0 atom stereocenters. The first-order valence-electron chi connectivity index (χ1n) is 7.36. The predicted molar refractivity (Wildman–Crippen MR) is 67.9 cm³/mol. The van der Waals surface area contributed by atoms with Crippen molar-refractivity contribution in [2.45, 2.75) is 63.6 Å². The molecule has 19 heavy (non-hydrogen) atoms. The van der Waals surface area contributed by atoms with E-state index < -0.39 is 12.7 Å². The van der Waals surface area contributed by atoms with Gasteiger partial charge in [0.25, 0.3) is 0 Å². The minimum atomic E-state index is -4.13. The lowest BCUT2D eigenvalue weighted by molar-refractivity contribution is -0.152. The summed E-state index contributed by atoms with van der Waals surface area (Å²) in [4.78, 5) is 1.57. The van der Waals surface area contributed by atoms with E-state index in [9.17, 15) is 18.3 Å². The first-order valence-corrected chi connectivity index (χ1v) is 7.36. The zero-order valence-electron chi connectivity index (χ0n) is 11.4. The number of rotatable bonds is 5. The maximum absolute atomic E-state index is 12.7. The maximum Gasteiger partial charge on any atom is 0.401 e. The van der Waals surface area contributed by atoms with E-state index in [1.54, 1.807) is 4.90 Å². The molecule has 2 fully saturated rings. The summed E-state index contributed by atoms with van der Waals surface area (Å²) in [5.41, 5.74) is -0.301. The van der Waals surface area contributed by atoms with Crippen LogP contribution in [0.1, 0.15) is 51.4 Å². The molecule has 112 valence electrons. The second kappa shape index (κ2) is 6.00. The normalized spacial score (nSPS) is 24.5. The van der Waals surface area contributed by atoms with Crippen molar-refractivity contribution < 1.29 is 18.3 Å². The Balaban J connectivity index is 2.00. The van der Waals surface area contributed by atoms with Crippen LogP contribution in [0.2, 0.25) is 0 Å². The summed E-state index contributed by atoms with van der Waals surface area (Å²) in [6, 6.07) is 0.0910. The molecule has 0 heterocycles. The Kier molecular flexibility index (Phi) is 4.77. The highest BCUT2D eigenvalue weighted by atomic mass is 19.4. The topological polar surface area (TPSA) is 23.5 Å². The summed E-state index contributed by atoms with van der Waals surface area (Å²) in [6.45, 7) is -0.388. The molecule has 5 heteroatoms. The van der Waals surface area contributed by atoms with E-state index in [0.717, 1.165) is 51.4 Å². The molecular formula is C14H24F3NO. The maximum atomic E-state index is 12.7. The molecule has 2 rings (SSSR count). The van der Waals surface area contributed by atoms with Gasteiger partial charge in [-0.25, -0.2) is 0 Å². The molecule has 0 aromatic carbocycles. The van der Waals surface area contributed by atoms with E-state index in [1.807, 2.05) is 0 Å². The number of aliphatic hydroxyl groups is 1. The lowest BCUT2D eigenvalue weighted by atomic mass is 9.80. The molecular weight excluding hydrogens is 255 g/mol. The van der Waals surface area contributed by atoms with Crippen molar-refractivity contribution in [1.82, 2.24) is 4.90 Å².